The van der Waals surface area contributed by atoms with Gasteiger partial charge in [-0.05, 0) is 42.5 Å². The van der Waals surface area contributed by atoms with Crippen molar-refractivity contribution in [1.82, 2.24) is 15.5 Å². The van der Waals surface area contributed by atoms with Crippen LogP contribution in [0, 0.1) is 0 Å². The molecule has 1 saturated heterocycles. The largest absolute Gasteiger partial charge is 0.497 e. The summed E-state index contributed by atoms with van der Waals surface area (Å²) in [6.07, 6.45) is 0.643. The van der Waals surface area contributed by atoms with Crippen molar-refractivity contribution in [2.24, 2.45) is 0 Å². The van der Waals surface area contributed by atoms with Crippen molar-refractivity contribution in [3.8, 4) is 5.75 Å². The van der Waals surface area contributed by atoms with Crippen molar-refractivity contribution < 1.29 is 19.1 Å². The van der Waals surface area contributed by atoms with Crippen LogP contribution >= 0.6 is 11.3 Å². The number of nitrogens with one attached hydrogen (secondary N) is 2. The van der Waals surface area contributed by atoms with E-state index in [4.69, 9.17) is 9.47 Å². The van der Waals surface area contributed by atoms with Crippen LogP contribution in [0.15, 0.2) is 41.8 Å². The molecule has 0 bridgehead atoms. The van der Waals surface area contributed by atoms with E-state index < -0.39 is 11.8 Å². The van der Waals surface area contributed by atoms with E-state index in [1.54, 1.807) is 18.4 Å². The van der Waals surface area contributed by atoms with Crippen LogP contribution in [-0.2, 0) is 20.7 Å². The fourth-order valence-corrected chi connectivity index (χ4v) is 4.57. The van der Waals surface area contributed by atoms with Crippen LogP contribution in [0.4, 0.5) is 0 Å². The number of carbonyl (C=O) groups is 2. The lowest BCUT2D eigenvalue weighted by Gasteiger charge is -2.37. The van der Waals surface area contributed by atoms with Gasteiger partial charge in [0.1, 0.15) is 5.75 Å². The van der Waals surface area contributed by atoms with E-state index in [0.29, 0.717) is 26.2 Å². The first-order valence-electron chi connectivity index (χ1n) is 10.2. The maximum Gasteiger partial charge on any atom is 0.309 e. The third kappa shape index (κ3) is 6.04. The lowest BCUT2D eigenvalue weighted by atomic mass is 10.1. The molecule has 30 heavy (non-hydrogen) atoms. The van der Waals surface area contributed by atoms with Gasteiger partial charge in [0.05, 0.1) is 26.4 Å². The van der Waals surface area contributed by atoms with Gasteiger partial charge >= 0.3 is 11.8 Å². The third-order valence-corrected chi connectivity index (χ3v) is 6.11. The summed E-state index contributed by atoms with van der Waals surface area (Å²) in [6.45, 7) is 5.30. The molecule has 1 aromatic heterocycles. The Balaban J connectivity index is 1.51. The highest BCUT2D eigenvalue weighted by molar-refractivity contribution is 7.10. The van der Waals surface area contributed by atoms with E-state index in [1.807, 2.05) is 42.6 Å². The zero-order chi connectivity index (χ0) is 21.3. The predicted molar refractivity (Wildman–Crippen MR) is 117 cm³/mol. The fraction of sp³-hybridized carbons (Fsp3) is 0.455. The molecular weight excluding hydrogens is 402 g/mol. The van der Waals surface area contributed by atoms with Crippen LogP contribution in [-0.4, -0.2) is 62.7 Å². The van der Waals surface area contributed by atoms with Gasteiger partial charge in [0, 0.05) is 30.6 Å². The first-order valence-corrected chi connectivity index (χ1v) is 11.0. The van der Waals surface area contributed by atoms with Gasteiger partial charge in [0.15, 0.2) is 0 Å². The maximum absolute atomic E-state index is 12.5. The highest BCUT2D eigenvalue weighted by Gasteiger charge is 2.30. The smallest absolute Gasteiger partial charge is 0.309 e. The SMILES string of the molecule is COc1ccc(CCNC(=O)C(=O)N[C@@H](C)[C@@H](c2cccs2)N2CCOCC2)cc1. The Bertz CT molecular complexity index is 804. The number of methoxy groups -OCH3 is 1. The molecule has 0 saturated carbocycles. The minimum Gasteiger partial charge on any atom is -0.497 e. The van der Waals surface area contributed by atoms with Crippen molar-refractivity contribution in [1.29, 1.82) is 0 Å². The van der Waals surface area contributed by atoms with Gasteiger partial charge in [-0.15, -0.1) is 11.3 Å². The average Bonchev–Trinajstić information content (AvgIpc) is 3.29. The standard InChI is InChI=1S/C22H29N3O4S/c1-16(20(19-4-3-15-30-19)25-11-13-29-14-12-25)24-22(27)21(26)23-10-9-17-5-7-18(28-2)8-6-17/h3-8,15-16,20H,9-14H2,1-2H3,(H,23,26)(H,24,27)/t16-,20-/m0/s1. The van der Waals surface area contributed by atoms with Crippen molar-refractivity contribution in [2.45, 2.75) is 25.4 Å². The molecule has 0 radical (unpaired) electrons. The summed E-state index contributed by atoms with van der Waals surface area (Å²) in [7, 11) is 1.62. The van der Waals surface area contributed by atoms with E-state index >= 15 is 0 Å². The molecular formula is C22H29N3O4S. The molecule has 2 aromatic rings. The van der Waals surface area contributed by atoms with E-state index in [0.717, 1.165) is 24.4 Å². The summed E-state index contributed by atoms with van der Waals surface area (Å²) >= 11 is 1.66. The summed E-state index contributed by atoms with van der Waals surface area (Å²) in [5.74, 6) is -0.425. The number of hydrogen-bond donors (Lipinski definition) is 2. The summed E-state index contributed by atoms with van der Waals surface area (Å²) in [4.78, 5) is 28.2. The van der Waals surface area contributed by atoms with E-state index in [1.165, 1.54) is 4.88 Å². The molecule has 8 heteroatoms. The number of ether oxygens (including phenoxy) is 2. The highest BCUT2D eigenvalue weighted by atomic mass is 32.1. The molecule has 1 aromatic carbocycles. The molecule has 1 fully saturated rings. The van der Waals surface area contributed by atoms with Crippen molar-refractivity contribution >= 4 is 23.2 Å². The summed E-state index contributed by atoms with van der Waals surface area (Å²) in [5, 5.41) is 7.62. The maximum atomic E-state index is 12.5. The number of carbonyl (C=O) groups excluding carboxylic acids is 2. The Labute approximate surface area is 181 Å². The van der Waals surface area contributed by atoms with Crippen LogP contribution in [0.25, 0.3) is 0 Å². The third-order valence-electron chi connectivity index (χ3n) is 5.17. The number of nitrogens with zero attached hydrogens (tertiary/aromatic N) is 1. The van der Waals surface area contributed by atoms with Gasteiger partial charge < -0.3 is 20.1 Å². The number of morpholine rings is 1. The Morgan fingerprint density at radius 3 is 2.53 bits per heavy atom. The monoisotopic (exact) mass is 431 g/mol. The summed E-state index contributed by atoms with van der Waals surface area (Å²) < 4.78 is 10.6. The zero-order valence-electron chi connectivity index (χ0n) is 17.4. The van der Waals surface area contributed by atoms with Crippen LogP contribution in [0.1, 0.15) is 23.4 Å². The normalized spacial score (nSPS) is 16.5. The number of rotatable bonds is 8. The van der Waals surface area contributed by atoms with Gasteiger partial charge in [0.25, 0.3) is 0 Å². The number of amides is 2. The topological polar surface area (TPSA) is 79.9 Å². The predicted octanol–water partition coefficient (Wildman–Crippen LogP) is 1.99. The van der Waals surface area contributed by atoms with Crippen LogP contribution < -0.4 is 15.4 Å². The van der Waals surface area contributed by atoms with Gasteiger partial charge in [0.2, 0.25) is 0 Å². The minimum atomic E-state index is -0.609. The van der Waals surface area contributed by atoms with Crippen LogP contribution in [0.5, 0.6) is 5.75 Å². The van der Waals surface area contributed by atoms with Gasteiger partial charge in [-0.1, -0.05) is 18.2 Å². The summed E-state index contributed by atoms with van der Waals surface area (Å²) in [5.41, 5.74) is 1.06. The van der Waals surface area contributed by atoms with Gasteiger partial charge in [-0.3, -0.25) is 14.5 Å². The second-order valence-corrected chi connectivity index (χ2v) is 8.20. The van der Waals surface area contributed by atoms with Crippen molar-refractivity contribution in [3.05, 3.63) is 52.2 Å². The molecule has 7 nitrogen and oxygen atoms in total. The molecule has 3 rings (SSSR count). The molecule has 162 valence electrons. The number of thiophene rings is 1. The lowest BCUT2D eigenvalue weighted by Crippen LogP contribution is -2.51. The van der Waals surface area contributed by atoms with E-state index in [9.17, 15) is 9.59 Å². The Hall–Kier alpha value is -2.42. The first-order chi connectivity index (χ1) is 14.6. The van der Waals surface area contributed by atoms with Crippen molar-refractivity contribution in [2.75, 3.05) is 40.0 Å². The molecule has 0 spiro atoms. The first kappa shape index (κ1) is 22.3. The van der Waals surface area contributed by atoms with Gasteiger partial charge in [-0.2, -0.15) is 0 Å². The fourth-order valence-electron chi connectivity index (χ4n) is 3.60. The van der Waals surface area contributed by atoms with E-state index in [2.05, 4.69) is 21.6 Å². The Morgan fingerprint density at radius 1 is 1.17 bits per heavy atom. The number of hydrogen-bond acceptors (Lipinski definition) is 6. The highest BCUT2D eigenvalue weighted by Crippen LogP contribution is 2.29. The van der Waals surface area contributed by atoms with Crippen LogP contribution in [0.2, 0.25) is 0 Å². The second kappa shape index (κ2) is 11.1. The molecule has 0 unspecified atom stereocenters. The molecule has 0 aliphatic carbocycles. The molecule has 2 amide bonds. The van der Waals surface area contributed by atoms with Gasteiger partial charge in [-0.25, -0.2) is 0 Å². The minimum absolute atomic E-state index is 0.0185. The quantitative estimate of drug-likeness (QED) is 0.625. The Morgan fingerprint density at radius 2 is 1.90 bits per heavy atom. The lowest BCUT2D eigenvalue weighted by molar-refractivity contribution is -0.139. The zero-order valence-corrected chi connectivity index (χ0v) is 18.2. The molecule has 1 aliphatic heterocycles. The Kier molecular flexibility index (Phi) is 8.24. The summed E-state index contributed by atoms with van der Waals surface area (Å²) in [6, 6.07) is 11.5. The second-order valence-electron chi connectivity index (χ2n) is 7.22. The molecule has 1 aliphatic rings. The van der Waals surface area contributed by atoms with Crippen molar-refractivity contribution in [3.63, 3.8) is 0 Å². The molecule has 2 N–H and O–H groups in total. The molecule has 2 atom stereocenters. The van der Waals surface area contributed by atoms with E-state index in [-0.39, 0.29) is 12.1 Å². The molecule has 2 heterocycles. The number of benzene rings is 1. The van der Waals surface area contributed by atoms with Crippen LogP contribution in [0.3, 0.4) is 0 Å². The average molecular weight is 432 g/mol.